The lowest BCUT2D eigenvalue weighted by atomic mass is 10.2. The molecule has 0 spiro atoms. The number of halogens is 1. The minimum atomic E-state index is -0.0542. The van der Waals surface area contributed by atoms with E-state index in [1.54, 1.807) is 19.2 Å². The Labute approximate surface area is 136 Å². The van der Waals surface area contributed by atoms with Gasteiger partial charge < -0.3 is 14.8 Å². The van der Waals surface area contributed by atoms with Gasteiger partial charge in [-0.15, -0.1) is 0 Å². The van der Waals surface area contributed by atoms with Crippen LogP contribution in [0.5, 0.6) is 11.5 Å². The second-order valence-corrected chi connectivity index (χ2v) is 5.83. The van der Waals surface area contributed by atoms with Gasteiger partial charge in [-0.3, -0.25) is 9.69 Å². The van der Waals surface area contributed by atoms with E-state index in [0.717, 1.165) is 25.9 Å². The van der Waals surface area contributed by atoms with Crippen LogP contribution in [0.4, 0.5) is 5.69 Å². The molecule has 122 valence electrons. The van der Waals surface area contributed by atoms with Crippen molar-refractivity contribution in [2.45, 2.75) is 25.7 Å². The first kappa shape index (κ1) is 16.9. The number of carbonyl (C=O) groups excluding carboxylic acids is 1. The van der Waals surface area contributed by atoms with Crippen molar-refractivity contribution >= 4 is 23.2 Å². The third-order valence-corrected chi connectivity index (χ3v) is 4.11. The third-order valence-electron chi connectivity index (χ3n) is 3.81. The van der Waals surface area contributed by atoms with E-state index < -0.39 is 0 Å². The number of rotatable bonds is 5. The molecule has 0 radical (unpaired) electrons. The maximum Gasteiger partial charge on any atom is 0.238 e. The van der Waals surface area contributed by atoms with Crippen molar-refractivity contribution in [2.24, 2.45) is 0 Å². The molecule has 1 aliphatic rings. The Morgan fingerprint density at radius 3 is 2.36 bits per heavy atom. The van der Waals surface area contributed by atoms with Crippen LogP contribution in [0.3, 0.4) is 0 Å². The van der Waals surface area contributed by atoms with E-state index in [4.69, 9.17) is 21.1 Å². The summed E-state index contributed by atoms with van der Waals surface area (Å²) in [5.74, 6) is 0.996. The van der Waals surface area contributed by atoms with Gasteiger partial charge in [0.15, 0.2) is 0 Å². The SMILES string of the molecule is COc1cc(OC)c(NC(=O)CN2CCCCCC2)cc1Cl. The fourth-order valence-electron chi connectivity index (χ4n) is 2.64. The molecular weight excluding hydrogens is 304 g/mol. The zero-order valence-corrected chi connectivity index (χ0v) is 13.9. The lowest BCUT2D eigenvalue weighted by Gasteiger charge is -2.19. The van der Waals surface area contributed by atoms with Crippen LogP contribution in [-0.2, 0) is 4.79 Å². The van der Waals surface area contributed by atoms with Crippen molar-refractivity contribution in [1.29, 1.82) is 0 Å². The molecule has 1 heterocycles. The van der Waals surface area contributed by atoms with Crippen molar-refractivity contribution in [3.63, 3.8) is 0 Å². The molecule has 1 amide bonds. The molecular formula is C16H23ClN2O3. The van der Waals surface area contributed by atoms with E-state index >= 15 is 0 Å². The highest BCUT2D eigenvalue weighted by Crippen LogP contribution is 2.35. The maximum absolute atomic E-state index is 12.2. The highest BCUT2D eigenvalue weighted by molar-refractivity contribution is 6.32. The second-order valence-electron chi connectivity index (χ2n) is 5.43. The standard InChI is InChI=1S/C16H23ClN2O3/c1-21-14-10-15(22-2)13(9-12(14)17)18-16(20)11-19-7-5-3-4-6-8-19/h9-10H,3-8,11H2,1-2H3,(H,18,20). The number of likely N-dealkylation sites (tertiary alicyclic amines) is 1. The molecule has 1 saturated heterocycles. The average molecular weight is 327 g/mol. The summed E-state index contributed by atoms with van der Waals surface area (Å²) in [4.78, 5) is 14.4. The zero-order valence-electron chi connectivity index (χ0n) is 13.2. The number of nitrogens with one attached hydrogen (secondary N) is 1. The van der Waals surface area contributed by atoms with Gasteiger partial charge in [0, 0.05) is 6.07 Å². The van der Waals surface area contributed by atoms with Crippen molar-refractivity contribution < 1.29 is 14.3 Å². The predicted molar refractivity (Wildman–Crippen MR) is 88.1 cm³/mol. The highest BCUT2D eigenvalue weighted by Gasteiger charge is 2.16. The smallest absolute Gasteiger partial charge is 0.238 e. The van der Waals surface area contributed by atoms with Crippen molar-refractivity contribution in [3.8, 4) is 11.5 Å². The Bertz CT molecular complexity index is 514. The van der Waals surface area contributed by atoms with Gasteiger partial charge >= 0.3 is 0 Å². The number of nitrogens with zero attached hydrogens (tertiary/aromatic N) is 1. The molecule has 5 nitrogen and oxygen atoms in total. The molecule has 0 bridgehead atoms. The average Bonchev–Trinajstić information content (AvgIpc) is 2.76. The monoisotopic (exact) mass is 326 g/mol. The molecule has 6 heteroatoms. The first-order valence-corrected chi connectivity index (χ1v) is 7.95. The van der Waals surface area contributed by atoms with Gasteiger partial charge in [-0.1, -0.05) is 24.4 Å². The van der Waals surface area contributed by atoms with E-state index in [9.17, 15) is 4.79 Å². The summed E-state index contributed by atoms with van der Waals surface area (Å²) in [6, 6.07) is 3.32. The second kappa shape index (κ2) is 8.25. The molecule has 0 unspecified atom stereocenters. The number of hydrogen-bond donors (Lipinski definition) is 1. The van der Waals surface area contributed by atoms with E-state index in [0.29, 0.717) is 28.8 Å². The number of benzene rings is 1. The van der Waals surface area contributed by atoms with Crippen LogP contribution in [-0.4, -0.2) is 44.7 Å². The van der Waals surface area contributed by atoms with Gasteiger partial charge in [0.1, 0.15) is 11.5 Å². The van der Waals surface area contributed by atoms with E-state index in [1.165, 1.54) is 20.0 Å². The number of anilines is 1. The summed E-state index contributed by atoms with van der Waals surface area (Å²) < 4.78 is 10.4. The summed E-state index contributed by atoms with van der Waals surface area (Å²) in [7, 11) is 3.09. The number of hydrogen-bond acceptors (Lipinski definition) is 4. The van der Waals surface area contributed by atoms with E-state index in [-0.39, 0.29) is 5.91 Å². The molecule has 1 aromatic rings. The molecule has 2 rings (SSSR count). The Morgan fingerprint density at radius 1 is 1.14 bits per heavy atom. The van der Waals surface area contributed by atoms with Gasteiger partial charge in [-0.2, -0.15) is 0 Å². The molecule has 0 aliphatic carbocycles. The van der Waals surface area contributed by atoms with Crippen molar-refractivity contribution in [1.82, 2.24) is 4.90 Å². The maximum atomic E-state index is 12.2. The Balaban J connectivity index is 2.02. The molecule has 1 N–H and O–H groups in total. The van der Waals surface area contributed by atoms with Gasteiger partial charge in [0.2, 0.25) is 5.91 Å². The quantitative estimate of drug-likeness (QED) is 0.903. The topological polar surface area (TPSA) is 50.8 Å². The van der Waals surface area contributed by atoms with Crippen LogP contribution in [0.25, 0.3) is 0 Å². The molecule has 0 saturated carbocycles. The van der Waals surface area contributed by atoms with E-state index in [2.05, 4.69) is 10.2 Å². The highest BCUT2D eigenvalue weighted by atomic mass is 35.5. The number of amides is 1. The number of methoxy groups -OCH3 is 2. The molecule has 0 aromatic heterocycles. The Kier molecular flexibility index (Phi) is 6.34. The minimum absolute atomic E-state index is 0.0542. The van der Waals surface area contributed by atoms with Crippen molar-refractivity contribution in [2.75, 3.05) is 39.2 Å². The first-order chi connectivity index (χ1) is 10.6. The fourth-order valence-corrected chi connectivity index (χ4v) is 2.89. The molecule has 1 fully saturated rings. The minimum Gasteiger partial charge on any atom is -0.495 e. The van der Waals surface area contributed by atoms with Gasteiger partial charge in [0.05, 0.1) is 31.5 Å². The number of ether oxygens (including phenoxy) is 2. The molecule has 22 heavy (non-hydrogen) atoms. The van der Waals surface area contributed by atoms with Crippen LogP contribution in [0.15, 0.2) is 12.1 Å². The van der Waals surface area contributed by atoms with E-state index in [1.807, 2.05) is 0 Å². The molecule has 0 atom stereocenters. The van der Waals surface area contributed by atoms with Gasteiger partial charge in [-0.05, 0) is 32.0 Å². The summed E-state index contributed by atoms with van der Waals surface area (Å²) in [6.07, 6.45) is 4.82. The van der Waals surface area contributed by atoms with Gasteiger partial charge in [-0.25, -0.2) is 0 Å². The third kappa shape index (κ3) is 4.52. The molecule has 1 aromatic carbocycles. The van der Waals surface area contributed by atoms with Crippen molar-refractivity contribution in [3.05, 3.63) is 17.2 Å². The first-order valence-electron chi connectivity index (χ1n) is 7.57. The fraction of sp³-hybridized carbons (Fsp3) is 0.562. The normalized spacial score (nSPS) is 16.0. The van der Waals surface area contributed by atoms with Crippen LogP contribution in [0, 0.1) is 0 Å². The Hall–Kier alpha value is -1.46. The summed E-state index contributed by atoms with van der Waals surface area (Å²) in [5, 5.41) is 3.31. The number of carbonyl (C=O) groups is 1. The zero-order chi connectivity index (χ0) is 15.9. The molecule has 1 aliphatic heterocycles. The lowest BCUT2D eigenvalue weighted by Crippen LogP contribution is -2.34. The van der Waals surface area contributed by atoms with Crippen LogP contribution in [0.1, 0.15) is 25.7 Å². The Morgan fingerprint density at radius 2 is 1.77 bits per heavy atom. The summed E-state index contributed by atoms with van der Waals surface area (Å²) in [6.45, 7) is 2.36. The summed E-state index contributed by atoms with van der Waals surface area (Å²) >= 11 is 6.11. The largest absolute Gasteiger partial charge is 0.495 e. The van der Waals surface area contributed by atoms with Crippen LogP contribution in [0.2, 0.25) is 5.02 Å². The van der Waals surface area contributed by atoms with Crippen LogP contribution < -0.4 is 14.8 Å². The predicted octanol–water partition coefficient (Wildman–Crippen LogP) is 3.17. The van der Waals surface area contributed by atoms with Gasteiger partial charge in [0.25, 0.3) is 0 Å². The lowest BCUT2D eigenvalue weighted by molar-refractivity contribution is -0.117. The van der Waals surface area contributed by atoms with Crippen LogP contribution >= 0.6 is 11.6 Å². The summed E-state index contributed by atoms with van der Waals surface area (Å²) in [5.41, 5.74) is 0.563.